The van der Waals surface area contributed by atoms with Gasteiger partial charge < -0.3 is 5.11 Å². The van der Waals surface area contributed by atoms with Gasteiger partial charge >= 0.3 is 0 Å². The number of hydrogen-bond donors (Lipinski definition) is 1. The fourth-order valence-corrected chi connectivity index (χ4v) is 3.14. The van der Waals surface area contributed by atoms with Crippen LogP contribution in [0.3, 0.4) is 0 Å². The van der Waals surface area contributed by atoms with Crippen molar-refractivity contribution in [2.45, 2.75) is 6.10 Å². The highest BCUT2D eigenvalue weighted by Crippen LogP contribution is 2.31. The van der Waals surface area contributed by atoms with E-state index in [4.69, 9.17) is 0 Å². The van der Waals surface area contributed by atoms with Gasteiger partial charge in [0.05, 0.1) is 0 Å². The summed E-state index contributed by atoms with van der Waals surface area (Å²) in [6.45, 7) is 0. The fourth-order valence-electron chi connectivity index (χ4n) is 1.22. The average molecular weight is 428 g/mol. The van der Waals surface area contributed by atoms with E-state index in [1.165, 1.54) is 11.3 Å². The Morgan fingerprint density at radius 2 is 1.94 bits per heavy atom. The molecule has 0 aliphatic carbocycles. The van der Waals surface area contributed by atoms with Crippen LogP contribution >= 0.6 is 59.1 Å². The number of thiazole rings is 1. The molecule has 1 N–H and O–H groups in total. The van der Waals surface area contributed by atoms with Crippen molar-refractivity contribution < 1.29 is 5.11 Å². The number of aliphatic hydroxyl groups is 1. The Kier molecular flexibility index (Phi) is 4.18. The van der Waals surface area contributed by atoms with Crippen molar-refractivity contribution in [3.63, 3.8) is 0 Å². The number of rotatable bonds is 2. The van der Waals surface area contributed by atoms with Gasteiger partial charge in [-0.2, -0.15) is 0 Å². The van der Waals surface area contributed by atoms with Crippen LogP contribution in [0.2, 0.25) is 0 Å². The van der Waals surface area contributed by atoms with Gasteiger partial charge in [0, 0.05) is 14.3 Å². The summed E-state index contributed by atoms with van der Waals surface area (Å²) in [7, 11) is 0. The van der Waals surface area contributed by atoms with Crippen molar-refractivity contribution in [2.24, 2.45) is 0 Å². The molecule has 1 aromatic heterocycles. The van der Waals surface area contributed by atoms with Crippen LogP contribution in [0.25, 0.3) is 0 Å². The van der Waals surface area contributed by atoms with Crippen molar-refractivity contribution in [3.8, 4) is 0 Å². The molecule has 2 aromatic rings. The molecule has 1 heterocycles. The molecule has 0 bridgehead atoms. The second kappa shape index (κ2) is 5.27. The van der Waals surface area contributed by atoms with Gasteiger partial charge in [-0.25, -0.2) is 4.98 Å². The summed E-state index contributed by atoms with van der Waals surface area (Å²) < 4.78 is 2.63. The van der Waals surface area contributed by atoms with Crippen LogP contribution in [0.15, 0.2) is 37.1 Å². The first kappa shape index (κ1) is 12.7. The maximum absolute atomic E-state index is 10.1. The topological polar surface area (TPSA) is 33.1 Å². The summed E-state index contributed by atoms with van der Waals surface area (Å²) in [4.78, 5) is 4.20. The van der Waals surface area contributed by atoms with Gasteiger partial charge in [-0.3, -0.25) is 0 Å². The number of aliphatic hydroxyl groups excluding tert-OH is 1. The second-order valence-electron chi connectivity index (χ2n) is 3.08. The molecular formula is C10H6Br3NOS. The van der Waals surface area contributed by atoms with Crippen molar-refractivity contribution in [2.75, 3.05) is 0 Å². The van der Waals surface area contributed by atoms with E-state index in [2.05, 4.69) is 52.8 Å². The highest BCUT2D eigenvalue weighted by atomic mass is 79.9. The SMILES string of the molecule is OC(c1ccc(Br)c(Br)c1)c1nc(Br)cs1. The number of hydrogen-bond acceptors (Lipinski definition) is 3. The summed E-state index contributed by atoms with van der Waals surface area (Å²) >= 11 is 11.5. The summed E-state index contributed by atoms with van der Waals surface area (Å²) in [5.74, 6) is 0. The van der Waals surface area contributed by atoms with Crippen molar-refractivity contribution in [1.82, 2.24) is 4.98 Å². The molecule has 6 heteroatoms. The largest absolute Gasteiger partial charge is 0.381 e. The van der Waals surface area contributed by atoms with E-state index in [9.17, 15) is 5.11 Å². The number of halogens is 3. The normalized spacial score (nSPS) is 12.8. The summed E-state index contributed by atoms with van der Waals surface area (Å²) in [6.07, 6.45) is -0.680. The lowest BCUT2D eigenvalue weighted by atomic mass is 10.1. The minimum absolute atomic E-state index is 0.680. The van der Waals surface area contributed by atoms with Crippen molar-refractivity contribution in [1.29, 1.82) is 0 Å². The standard InChI is InChI=1S/C10H6Br3NOS/c11-6-2-1-5(3-7(6)12)9(15)10-14-8(13)4-16-10/h1-4,9,15H. The maximum atomic E-state index is 10.1. The third-order valence-electron chi connectivity index (χ3n) is 1.99. The predicted molar refractivity (Wildman–Crippen MR) is 75.7 cm³/mol. The van der Waals surface area contributed by atoms with Gasteiger partial charge in [-0.1, -0.05) is 6.07 Å². The Morgan fingerprint density at radius 1 is 1.19 bits per heavy atom. The molecule has 0 aliphatic rings. The van der Waals surface area contributed by atoms with Crippen LogP contribution in [-0.4, -0.2) is 10.1 Å². The molecule has 84 valence electrons. The predicted octanol–water partition coefficient (Wildman–Crippen LogP) is 4.51. The third-order valence-corrected chi connectivity index (χ3v) is 5.47. The Labute approximate surface area is 122 Å². The molecule has 2 rings (SSSR count). The second-order valence-corrected chi connectivity index (χ2v) is 6.50. The first-order chi connectivity index (χ1) is 7.58. The smallest absolute Gasteiger partial charge is 0.131 e. The quantitative estimate of drug-likeness (QED) is 0.764. The lowest BCUT2D eigenvalue weighted by Crippen LogP contribution is -1.98. The third kappa shape index (κ3) is 2.73. The molecule has 1 unspecified atom stereocenters. The van der Waals surface area contributed by atoms with E-state index >= 15 is 0 Å². The Hall–Kier alpha value is 0.250. The minimum atomic E-state index is -0.680. The van der Waals surface area contributed by atoms with E-state index in [0.29, 0.717) is 5.01 Å². The first-order valence-electron chi connectivity index (χ1n) is 4.32. The van der Waals surface area contributed by atoms with Crippen LogP contribution < -0.4 is 0 Å². The first-order valence-corrected chi connectivity index (χ1v) is 7.57. The summed E-state index contributed by atoms with van der Waals surface area (Å²) in [6, 6.07) is 5.64. The highest BCUT2D eigenvalue weighted by molar-refractivity contribution is 9.13. The van der Waals surface area contributed by atoms with E-state index in [1.54, 1.807) is 0 Å². The summed E-state index contributed by atoms with van der Waals surface area (Å²) in [5, 5.41) is 12.6. The fraction of sp³-hybridized carbons (Fsp3) is 0.100. The van der Waals surface area contributed by atoms with Crippen molar-refractivity contribution in [3.05, 3.63) is 47.7 Å². The molecule has 0 spiro atoms. The molecule has 1 aromatic carbocycles. The molecule has 0 saturated heterocycles. The molecule has 16 heavy (non-hydrogen) atoms. The highest BCUT2D eigenvalue weighted by Gasteiger charge is 2.15. The van der Waals surface area contributed by atoms with Crippen LogP contribution in [0.1, 0.15) is 16.7 Å². The molecule has 2 nitrogen and oxygen atoms in total. The van der Waals surface area contributed by atoms with Gasteiger partial charge in [-0.15, -0.1) is 11.3 Å². The van der Waals surface area contributed by atoms with Crippen LogP contribution in [0.5, 0.6) is 0 Å². The zero-order valence-electron chi connectivity index (χ0n) is 7.82. The lowest BCUT2D eigenvalue weighted by molar-refractivity contribution is 0.219. The van der Waals surface area contributed by atoms with E-state index in [0.717, 1.165) is 19.1 Å². The molecule has 0 aliphatic heterocycles. The number of nitrogens with zero attached hydrogens (tertiary/aromatic N) is 1. The lowest BCUT2D eigenvalue weighted by Gasteiger charge is -2.08. The Balaban J connectivity index is 2.33. The molecule has 0 radical (unpaired) electrons. The number of benzene rings is 1. The van der Waals surface area contributed by atoms with Gasteiger partial charge in [0.1, 0.15) is 15.7 Å². The molecule has 0 amide bonds. The molecule has 1 atom stereocenters. The monoisotopic (exact) mass is 425 g/mol. The molecule has 0 fully saturated rings. The van der Waals surface area contributed by atoms with E-state index in [1.807, 2.05) is 23.6 Å². The average Bonchev–Trinajstić information content (AvgIpc) is 2.68. The number of aromatic nitrogens is 1. The van der Waals surface area contributed by atoms with E-state index < -0.39 is 6.10 Å². The van der Waals surface area contributed by atoms with Gasteiger partial charge in [0.2, 0.25) is 0 Å². The van der Waals surface area contributed by atoms with Gasteiger partial charge in [0.15, 0.2) is 0 Å². The van der Waals surface area contributed by atoms with Crippen LogP contribution in [0, 0.1) is 0 Å². The zero-order chi connectivity index (χ0) is 11.7. The maximum Gasteiger partial charge on any atom is 0.131 e. The Bertz CT molecular complexity index is 515. The molecular weight excluding hydrogens is 422 g/mol. The molecule has 0 saturated carbocycles. The Morgan fingerprint density at radius 3 is 2.50 bits per heavy atom. The van der Waals surface area contributed by atoms with Gasteiger partial charge in [-0.05, 0) is 65.5 Å². The van der Waals surface area contributed by atoms with Crippen LogP contribution in [0.4, 0.5) is 0 Å². The van der Waals surface area contributed by atoms with Gasteiger partial charge in [0.25, 0.3) is 0 Å². The van der Waals surface area contributed by atoms with Crippen molar-refractivity contribution >= 4 is 59.1 Å². The van der Waals surface area contributed by atoms with Crippen LogP contribution in [-0.2, 0) is 0 Å². The zero-order valence-corrected chi connectivity index (χ0v) is 13.4. The summed E-state index contributed by atoms with van der Waals surface area (Å²) in [5.41, 5.74) is 0.817. The minimum Gasteiger partial charge on any atom is -0.381 e. The van der Waals surface area contributed by atoms with E-state index in [-0.39, 0.29) is 0 Å².